The Morgan fingerprint density at radius 3 is 2.88 bits per heavy atom. The van der Waals surface area contributed by atoms with E-state index in [4.69, 9.17) is 0 Å². The minimum atomic E-state index is -2.84. The highest BCUT2D eigenvalue weighted by Gasteiger charge is 2.30. The molecular weight excluding hydrogens is 304 g/mol. The third kappa shape index (κ3) is 3.50. The van der Waals surface area contributed by atoms with Crippen molar-refractivity contribution < 1.29 is 8.42 Å². The van der Waals surface area contributed by atoms with E-state index in [0.717, 1.165) is 23.0 Å². The Balaban J connectivity index is 1.82. The molecule has 1 aromatic rings. The summed E-state index contributed by atoms with van der Waals surface area (Å²) < 4.78 is 24.1. The zero-order valence-electron chi connectivity index (χ0n) is 9.39. The fourth-order valence-corrected chi connectivity index (χ4v) is 3.99. The SMILES string of the molecule is O=S1(=O)CCCC1CNCc1ccc(Br)cn1. The second kappa shape index (κ2) is 5.46. The molecule has 6 heteroatoms. The van der Waals surface area contributed by atoms with Gasteiger partial charge < -0.3 is 5.32 Å². The second-order valence-electron chi connectivity index (χ2n) is 4.23. The highest BCUT2D eigenvalue weighted by molar-refractivity contribution is 9.10. The van der Waals surface area contributed by atoms with Crippen molar-refractivity contribution in [3.05, 3.63) is 28.5 Å². The topological polar surface area (TPSA) is 59.1 Å². The molecule has 2 heterocycles. The Morgan fingerprint density at radius 1 is 1.47 bits per heavy atom. The summed E-state index contributed by atoms with van der Waals surface area (Å²) in [5, 5.41) is 2.95. The molecule has 0 aromatic carbocycles. The summed E-state index contributed by atoms with van der Waals surface area (Å²) in [5.74, 6) is 0.343. The van der Waals surface area contributed by atoms with E-state index in [-0.39, 0.29) is 5.25 Å². The van der Waals surface area contributed by atoms with E-state index in [1.54, 1.807) is 6.20 Å². The number of sulfone groups is 1. The van der Waals surface area contributed by atoms with Gasteiger partial charge in [0.15, 0.2) is 9.84 Å². The summed E-state index contributed by atoms with van der Waals surface area (Å²) in [6.07, 6.45) is 3.32. The van der Waals surface area contributed by atoms with Crippen LogP contribution in [0.2, 0.25) is 0 Å². The zero-order valence-corrected chi connectivity index (χ0v) is 11.8. The van der Waals surface area contributed by atoms with Crippen LogP contribution in [-0.4, -0.2) is 30.9 Å². The normalized spacial score (nSPS) is 22.8. The number of hydrogen-bond donors (Lipinski definition) is 1. The van der Waals surface area contributed by atoms with Crippen LogP contribution in [0, 0.1) is 0 Å². The number of hydrogen-bond acceptors (Lipinski definition) is 4. The summed E-state index contributed by atoms with van der Waals surface area (Å²) >= 11 is 3.32. The van der Waals surface area contributed by atoms with Gasteiger partial charge >= 0.3 is 0 Å². The molecule has 17 heavy (non-hydrogen) atoms. The molecule has 0 aliphatic carbocycles. The quantitative estimate of drug-likeness (QED) is 0.914. The van der Waals surface area contributed by atoms with E-state index in [1.807, 2.05) is 12.1 Å². The Kier molecular flexibility index (Phi) is 4.17. The lowest BCUT2D eigenvalue weighted by Crippen LogP contribution is -2.30. The van der Waals surface area contributed by atoms with Crippen LogP contribution >= 0.6 is 15.9 Å². The van der Waals surface area contributed by atoms with Crippen molar-refractivity contribution in [3.63, 3.8) is 0 Å². The third-order valence-electron chi connectivity index (χ3n) is 2.93. The van der Waals surface area contributed by atoms with E-state index in [9.17, 15) is 8.42 Å². The predicted molar refractivity (Wildman–Crippen MR) is 70.5 cm³/mol. The molecule has 1 saturated heterocycles. The first kappa shape index (κ1) is 13.0. The fourth-order valence-electron chi connectivity index (χ4n) is 1.96. The van der Waals surface area contributed by atoms with Gasteiger partial charge in [0.05, 0.1) is 16.7 Å². The van der Waals surface area contributed by atoms with Gasteiger partial charge in [0.2, 0.25) is 0 Å². The van der Waals surface area contributed by atoms with Crippen molar-refractivity contribution in [2.45, 2.75) is 24.6 Å². The molecule has 1 unspecified atom stereocenters. The molecule has 1 aromatic heterocycles. The van der Waals surface area contributed by atoms with Gasteiger partial charge in [-0.15, -0.1) is 0 Å². The van der Waals surface area contributed by atoms with Crippen molar-refractivity contribution in [1.29, 1.82) is 0 Å². The van der Waals surface area contributed by atoms with Gasteiger partial charge in [0.1, 0.15) is 0 Å². The number of nitrogens with zero attached hydrogens (tertiary/aromatic N) is 1. The van der Waals surface area contributed by atoms with Gasteiger partial charge in [-0.1, -0.05) is 0 Å². The Labute approximate surface area is 110 Å². The largest absolute Gasteiger partial charge is 0.310 e. The summed E-state index contributed by atoms with van der Waals surface area (Å²) in [6, 6.07) is 3.84. The van der Waals surface area contributed by atoms with Crippen LogP contribution in [0.4, 0.5) is 0 Å². The van der Waals surface area contributed by atoms with Crippen molar-refractivity contribution in [2.24, 2.45) is 0 Å². The molecule has 1 atom stereocenters. The van der Waals surface area contributed by atoms with E-state index >= 15 is 0 Å². The van der Waals surface area contributed by atoms with E-state index in [0.29, 0.717) is 18.8 Å². The van der Waals surface area contributed by atoms with Gasteiger partial charge in [-0.2, -0.15) is 0 Å². The Hall–Kier alpha value is -0.460. The third-order valence-corrected chi connectivity index (χ3v) is 5.67. The van der Waals surface area contributed by atoms with E-state index < -0.39 is 9.84 Å². The molecule has 0 amide bonds. The van der Waals surface area contributed by atoms with Crippen molar-refractivity contribution in [1.82, 2.24) is 10.3 Å². The maximum absolute atomic E-state index is 11.6. The van der Waals surface area contributed by atoms with Crippen LogP contribution in [-0.2, 0) is 16.4 Å². The first-order valence-corrected chi connectivity index (χ1v) is 8.11. The lowest BCUT2D eigenvalue weighted by molar-refractivity contribution is 0.572. The maximum Gasteiger partial charge on any atom is 0.154 e. The van der Waals surface area contributed by atoms with Gasteiger partial charge in [-0.3, -0.25) is 4.98 Å². The molecule has 94 valence electrons. The summed E-state index contributed by atoms with van der Waals surface area (Å²) in [7, 11) is -2.84. The molecule has 0 spiro atoms. The molecule has 0 bridgehead atoms. The number of aromatic nitrogens is 1. The number of nitrogens with one attached hydrogen (secondary N) is 1. The van der Waals surface area contributed by atoms with Crippen LogP contribution < -0.4 is 5.32 Å². The Bertz CT molecular complexity index is 473. The molecular formula is C11H15BrN2O2S. The number of pyridine rings is 1. The monoisotopic (exact) mass is 318 g/mol. The first-order valence-electron chi connectivity index (χ1n) is 5.61. The highest BCUT2D eigenvalue weighted by Crippen LogP contribution is 2.19. The van der Waals surface area contributed by atoms with Crippen LogP contribution in [0.3, 0.4) is 0 Å². The molecule has 1 aliphatic heterocycles. The first-order chi connectivity index (χ1) is 8.08. The molecule has 2 rings (SSSR count). The summed E-state index contributed by atoms with van der Waals surface area (Å²) in [4.78, 5) is 4.22. The summed E-state index contributed by atoms with van der Waals surface area (Å²) in [5.41, 5.74) is 0.920. The van der Waals surface area contributed by atoms with E-state index in [2.05, 4.69) is 26.2 Å². The van der Waals surface area contributed by atoms with Gasteiger partial charge in [-0.25, -0.2) is 8.42 Å². The number of rotatable bonds is 4. The van der Waals surface area contributed by atoms with Crippen molar-refractivity contribution >= 4 is 25.8 Å². The molecule has 0 radical (unpaired) electrons. The molecule has 4 nitrogen and oxygen atoms in total. The number of halogens is 1. The molecule has 0 saturated carbocycles. The standard InChI is InChI=1S/C11H15BrN2O2S/c12-9-3-4-10(14-6-9)7-13-8-11-2-1-5-17(11,15)16/h3-4,6,11,13H,1-2,5,7-8H2. The van der Waals surface area contributed by atoms with Gasteiger partial charge in [0.25, 0.3) is 0 Å². The van der Waals surface area contributed by atoms with Crippen LogP contribution in [0.15, 0.2) is 22.8 Å². The average Bonchev–Trinajstić information content (AvgIpc) is 2.61. The minimum Gasteiger partial charge on any atom is -0.310 e. The fraction of sp³-hybridized carbons (Fsp3) is 0.545. The second-order valence-corrected chi connectivity index (χ2v) is 7.55. The maximum atomic E-state index is 11.6. The van der Waals surface area contributed by atoms with Crippen molar-refractivity contribution in [3.8, 4) is 0 Å². The molecule has 1 N–H and O–H groups in total. The molecule has 1 aliphatic rings. The zero-order chi connectivity index (χ0) is 12.3. The van der Waals surface area contributed by atoms with Gasteiger partial charge in [0, 0.05) is 23.8 Å². The molecule has 1 fully saturated rings. The smallest absolute Gasteiger partial charge is 0.154 e. The van der Waals surface area contributed by atoms with Crippen LogP contribution in [0.5, 0.6) is 0 Å². The van der Waals surface area contributed by atoms with Crippen LogP contribution in [0.1, 0.15) is 18.5 Å². The predicted octanol–water partition coefficient (Wildman–Crippen LogP) is 1.51. The van der Waals surface area contributed by atoms with Crippen LogP contribution in [0.25, 0.3) is 0 Å². The Morgan fingerprint density at radius 2 is 2.29 bits per heavy atom. The summed E-state index contributed by atoms with van der Waals surface area (Å²) in [6.45, 7) is 1.14. The highest BCUT2D eigenvalue weighted by atomic mass is 79.9. The lowest BCUT2D eigenvalue weighted by Gasteiger charge is -2.10. The minimum absolute atomic E-state index is 0.210. The van der Waals surface area contributed by atoms with Gasteiger partial charge in [-0.05, 0) is 40.9 Å². The van der Waals surface area contributed by atoms with Crippen molar-refractivity contribution in [2.75, 3.05) is 12.3 Å². The lowest BCUT2D eigenvalue weighted by atomic mass is 10.2. The van der Waals surface area contributed by atoms with E-state index in [1.165, 1.54) is 0 Å². The average molecular weight is 319 g/mol.